The molecule has 0 aromatic carbocycles. The van der Waals surface area contributed by atoms with Crippen LogP contribution in [0.5, 0.6) is 0 Å². The molecule has 7 nitrogen and oxygen atoms in total. The molecule has 4 heterocycles. The third-order valence-corrected chi connectivity index (χ3v) is 5.71. The summed E-state index contributed by atoms with van der Waals surface area (Å²) in [5, 5.41) is 2.56. The number of nitrogens with zero attached hydrogens (tertiary/aromatic N) is 3. The number of amides is 1. The smallest absolute Gasteiger partial charge is 0.355 e. The minimum atomic E-state index is -4.73. The van der Waals surface area contributed by atoms with Crippen LogP contribution in [-0.4, -0.2) is 45.9 Å². The highest BCUT2D eigenvalue weighted by molar-refractivity contribution is 5.93. The van der Waals surface area contributed by atoms with E-state index in [9.17, 15) is 22.8 Å². The van der Waals surface area contributed by atoms with Gasteiger partial charge in [0, 0.05) is 39.1 Å². The molecule has 3 aromatic heterocycles. The number of hydrogen-bond acceptors (Lipinski definition) is 5. The van der Waals surface area contributed by atoms with Crippen molar-refractivity contribution in [3.05, 3.63) is 75.0 Å². The van der Waals surface area contributed by atoms with E-state index < -0.39 is 17.3 Å². The predicted octanol–water partition coefficient (Wildman–Crippen LogP) is 3.29. The molecular formula is C23H22F3N5O2. The van der Waals surface area contributed by atoms with Gasteiger partial charge in [-0.1, -0.05) is 6.08 Å². The van der Waals surface area contributed by atoms with E-state index in [-0.39, 0.29) is 22.5 Å². The second-order valence-electron chi connectivity index (χ2n) is 7.92. The van der Waals surface area contributed by atoms with E-state index in [0.717, 1.165) is 29.8 Å². The van der Waals surface area contributed by atoms with Crippen molar-refractivity contribution in [1.82, 2.24) is 25.2 Å². The molecule has 3 aromatic rings. The SMILES string of the molecule is CNC(=O)c1ccc(C2=CCN(Cc3cnc4c(C)c(C(F)(F)F)c(=O)[nH]c4c3)CC2)nc1. The molecule has 0 atom stereocenters. The Bertz CT molecular complexity index is 1300. The minimum Gasteiger partial charge on any atom is -0.355 e. The van der Waals surface area contributed by atoms with Crippen molar-refractivity contribution in [1.29, 1.82) is 0 Å². The lowest BCUT2D eigenvalue weighted by atomic mass is 10.0. The van der Waals surface area contributed by atoms with Crippen LogP contribution >= 0.6 is 0 Å². The van der Waals surface area contributed by atoms with E-state index in [1.54, 1.807) is 31.6 Å². The standard InChI is InChI=1S/C23H22F3N5O2/c1-13-19(23(24,25)26)22(33)30-18-9-14(10-29-20(13)18)12-31-7-5-15(6-8-31)17-4-3-16(11-28-17)21(32)27-2/h3-5,9-11H,6-8,12H2,1-2H3,(H,27,32)(H,30,33). The average molecular weight is 457 g/mol. The first-order valence-electron chi connectivity index (χ1n) is 10.4. The molecule has 1 amide bonds. The number of carbonyl (C=O) groups excluding carboxylic acids is 1. The molecule has 0 spiro atoms. The van der Waals surface area contributed by atoms with Crippen LogP contribution in [0.2, 0.25) is 0 Å². The van der Waals surface area contributed by atoms with Crippen molar-refractivity contribution in [2.24, 2.45) is 0 Å². The Labute approximate surface area is 187 Å². The number of pyridine rings is 3. The lowest BCUT2D eigenvalue weighted by molar-refractivity contribution is -0.139. The van der Waals surface area contributed by atoms with E-state index in [1.165, 1.54) is 6.92 Å². The molecule has 10 heteroatoms. The topological polar surface area (TPSA) is 91.0 Å². The molecule has 4 rings (SSSR count). The highest BCUT2D eigenvalue weighted by Gasteiger charge is 2.36. The Balaban J connectivity index is 1.49. The van der Waals surface area contributed by atoms with Crippen LogP contribution in [0.25, 0.3) is 16.6 Å². The number of halogens is 3. The van der Waals surface area contributed by atoms with Gasteiger partial charge in [0.1, 0.15) is 5.56 Å². The first-order valence-corrected chi connectivity index (χ1v) is 10.4. The normalized spacial score (nSPS) is 14.9. The molecule has 1 aliphatic rings. The second-order valence-corrected chi connectivity index (χ2v) is 7.92. The van der Waals surface area contributed by atoms with Crippen molar-refractivity contribution >= 4 is 22.5 Å². The number of carbonyl (C=O) groups is 1. The van der Waals surface area contributed by atoms with Crippen LogP contribution in [0.1, 0.15) is 39.2 Å². The zero-order valence-corrected chi connectivity index (χ0v) is 18.1. The fraction of sp³-hybridized carbons (Fsp3) is 0.304. The highest BCUT2D eigenvalue weighted by Crippen LogP contribution is 2.31. The van der Waals surface area contributed by atoms with Gasteiger partial charge in [0.25, 0.3) is 11.5 Å². The van der Waals surface area contributed by atoms with Gasteiger partial charge in [-0.2, -0.15) is 13.2 Å². The number of fused-ring (bicyclic) bond motifs is 1. The van der Waals surface area contributed by atoms with Crippen molar-refractivity contribution in [2.45, 2.75) is 26.1 Å². The van der Waals surface area contributed by atoms with E-state index in [4.69, 9.17) is 0 Å². The monoisotopic (exact) mass is 457 g/mol. The molecule has 0 unspecified atom stereocenters. The number of nitrogens with one attached hydrogen (secondary N) is 2. The number of aryl methyl sites for hydroxylation is 1. The van der Waals surface area contributed by atoms with Gasteiger partial charge in [-0.25, -0.2) is 0 Å². The van der Waals surface area contributed by atoms with Gasteiger partial charge in [0.15, 0.2) is 0 Å². The summed E-state index contributed by atoms with van der Waals surface area (Å²) in [5.41, 5.74) is 1.09. The van der Waals surface area contributed by atoms with E-state index in [2.05, 4.69) is 31.2 Å². The molecule has 2 N–H and O–H groups in total. The molecule has 0 saturated heterocycles. The summed E-state index contributed by atoms with van der Waals surface area (Å²) < 4.78 is 39.5. The summed E-state index contributed by atoms with van der Waals surface area (Å²) in [5.74, 6) is -0.187. The van der Waals surface area contributed by atoms with Crippen molar-refractivity contribution in [3.8, 4) is 0 Å². The third-order valence-electron chi connectivity index (χ3n) is 5.71. The number of rotatable bonds is 4. The summed E-state index contributed by atoms with van der Waals surface area (Å²) >= 11 is 0. The van der Waals surface area contributed by atoms with Crippen LogP contribution in [0.3, 0.4) is 0 Å². The number of alkyl halides is 3. The second kappa shape index (κ2) is 8.78. The predicted molar refractivity (Wildman–Crippen MR) is 118 cm³/mol. The minimum absolute atomic E-state index is 0.137. The highest BCUT2D eigenvalue weighted by atomic mass is 19.4. The molecule has 0 aliphatic carbocycles. The Morgan fingerprint density at radius 1 is 1.24 bits per heavy atom. The van der Waals surface area contributed by atoms with Crippen molar-refractivity contribution in [2.75, 3.05) is 20.1 Å². The lowest BCUT2D eigenvalue weighted by Gasteiger charge is -2.26. The molecule has 0 bridgehead atoms. The summed E-state index contributed by atoms with van der Waals surface area (Å²) in [7, 11) is 1.57. The van der Waals surface area contributed by atoms with E-state index >= 15 is 0 Å². The molecule has 172 valence electrons. The van der Waals surface area contributed by atoms with Crippen LogP contribution in [0.4, 0.5) is 13.2 Å². The van der Waals surface area contributed by atoms with Crippen LogP contribution < -0.4 is 10.9 Å². The fourth-order valence-electron chi connectivity index (χ4n) is 4.01. The summed E-state index contributed by atoms with van der Waals surface area (Å²) in [6, 6.07) is 5.24. The first kappa shape index (κ1) is 22.7. The Morgan fingerprint density at radius 3 is 2.64 bits per heavy atom. The Kier molecular flexibility index (Phi) is 6.03. The zero-order chi connectivity index (χ0) is 23.8. The maximum atomic E-state index is 13.2. The number of aromatic nitrogens is 3. The van der Waals surface area contributed by atoms with Gasteiger partial charge < -0.3 is 10.3 Å². The molecule has 0 radical (unpaired) electrons. The fourth-order valence-corrected chi connectivity index (χ4v) is 4.01. The number of H-pyrrole nitrogens is 1. The zero-order valence-electron chi connectivity index (χ0n) is 18.1. The van der Waals surface area contributed by atoms with Gasteiger partial charge in [-0.15, -0.1) is 0 Å². The molecular weight excluding hydrogens is 435 g/mol. The van der Waals surface area contributed by atoms with E-state index in [0.29, 0.717) is 18.7 Å². The van der Waals surface area contributed by atoms with Crippen LogP contribution in [0, 0.1) is 6.92 Å². The summed E-state index contributed by atoms with van der Waals surface area (Å²) in [4.78, 5) is 36.7. The van der Waals surface area contributed by atoms with Gasteiger partial charge in [-0.3, -0.25) is 24.5 Å². The summed E-state index contributed by atoms with van der Waals surface area (Å²) in [6.07, 6.45) is 1.20. The molecule has 33 heavy (non-hydrogen) atoms. The maximum absolute atomic E-state index is 13.2. The molecule has 0 saturated carbocycles. The van der Waals surface area contributed by atoms with E-state index in [1.807, 2.05) is 6.07 Å². The average Bonchev–Trinajstić information content (AvgIpc) is 2.78. The third kappa shape index (κ3) is 4.65. The molecule has 0 fully saturated rings. The quantitative estimate of drug-likeness (QED) is 0.628. The van der Waals surface area contributed by atoms with Gasteiger partial charge in [0.2, 0.25) is 0 Å². The summed E-state index contributed by atoms with van der Waals surface area (Å²) in [6.45, 7) is 3.22. The van der Waals surface area contributed by atoms with Crippen LogP contribution in [-0.2, 0) is 12.7 Å². The number of aromatic amines is 1. The van der Waals surface area contributed by atoms with Crippen molar-refractivity contribution in [3.63, 3.8) is 0 Å². The van der Waals surface area contributed by atoms with Crippen molar-refractivity contribution < 1.29 is 18.0 Å². The maximum Gasteiger partial charge on any atom is 0.422 e. The largest absolute Gasteiger partial charge is 0.422 e. The first-order chi connectivity index (χ1) is 15.7. The molecule has 1 aliphatic heterocycles. The Morgan fingerprint density at radius 2 is 2.03 bits per heavy atom. The van der Waals surface area contributed by atoms with Crippen LogP contribution in [0.15, 0.2) is 41.5 Å². The van der Waals surface area contributed by atoms with Gasteiger partial charge in [0.05, 0.1) is 22.3 Å². The lowest BCUT2D eigenvalue weighted by Crippen LogP contribution is -2.28. The Hall–Kier alpha value is -3.53. The van der Waals surface area contributed by atoms with Gasteiger partial charge in [-0.05, 0) is 48.2 Å². The number of hydrogen-bond donors (Lipinski definition) is 2. The van der Waals surface area contributed by atoms with Gasteiger partial charge >= 0.3 is 6.18 Å².